The molecule has 0 spiro atoms. The molecule has 6 heteroatoms. The molecule has 1 unspecified atom stereocenters. The average molecular weight is 390 g/mol. The minimum absolute atomic E-state index is 0. The average Bonchev–Trinajstić information content (AvgIpc) is 2.63. The SMILES string of the molecule is CCN(CC(=O)Nc1c(C)cccc1C)C(=O)C(C)(N)c1ccccc1.Cl. The molecule has 1 atom stereocenters. The number of aryl methyl sites for hydroxylation is 2. The zero-order chi connectivity index (χ0) is 19.3. The van der Waals surface area contributed by atoms with Crippen molar-refractivity contribution >= 4 is 29.9 Å². The van der Waals surface area contributed by atoms with Gasteiger partial charge < -0.3 is 16.0 Å². The summed E-state index contributed by atoms with van der Waals surface area (Å²) >= 11 is 0. The molecule has 2 rings (SSSR count). The maximum atomic E-state index is 12.9. The lowest BCUT2D eigenvalue weighted by Crippen LogP contribution is -2.52. The highest BCUT2D eigenvalue weighted by atomic mass is 35.5. The number of carbonyl (C=O) groups is 2. The normalized spacial score (nSPS) is 12.5. The molecule has 0 aliphatic heterocycles. The summed E-state index contributed by atoms with van der Waals surface area (Å²) in [6, 6.07) is 15.0. The molecule has 0 aliphatic rings. The van der Waals surface area contributed by atoms with Crippen molar-refractivity contribution in [3.8, 4) is 0 Å². The minimum Gasteiger partial charge on any atom is -0.332 e. The number of nitrogens with two attached hydrogens (primary N) is 1. The Labute approximate surface area is 167 Å². The fourth-order valence-electron chi connectivity index (χ4n) is 2.93. The van der Waals surface area contributed by atoms with Crippen molar-refractivity contribution < 1.29 is 9.59 Å². The first kappa shape index (κ1) is 22.7. The monoisotopic (exact) mass is 389 g/mol. The van der Waals surface area contributed by atoms with E-state index in [1.165, 1.54) is 4.90 Å². The minimum atomic E-state index is -1.18. The zero-order valence-corrected chi connectivity index (χ0v) is 17.1. The number of hydrogen-bond donors (Lipinski definition) is 2. The lowest BCUT2D eigenvalue weighted by molar-refractivity contribution is -0.139. The van der Waals surface area contributed by atoms with Gasteiger partial charge >= 0.3 is 0 Å². The van der Waals surface area contributed by atoms with Crippen molar-refractivity contribution in [2.24, 2.45) is 5.73 Å². The van der Waals surface area contributed by atoms with Gasteiger partial charge in [-0.15, -0.1) is 12.4 Å². The Morgan fingerprint density at radius 2 is 1.59 bits per heavy atom. The topological polar surface area (TPSA) is 75.4 Å². The molecule has 0 aliphatic carbocycles. The van der Waals surface area contributed by atoms with E-state index in [0.717, 1.165) is 22.4 Å². The van der Waals surface area contributed by atoms with E-state index < -0.39 is 5.54 Å². The summed E-state index contributed by atoms with van der Waals surface area (Å²) in [5, 5.41) is 2.92. The molecule has 2 amide bonds. The second-order valence-electron chi connectivity index (χ2n) is 6.70. The van der Waals surface area contributed by atoms with Gasteiger partial charge in [-0.05, 0) is 44.4 Å². The Morgan fingerprint density at radius 3 is 2.11 bits per heavy atom. The third kappa shape index (κ3) is 5.31. The summed E-state index contributed by atoms with van der Waals surface area (Å²) in [5.41, 5.74) is 8.61. The highest BCUT2D eigenvalue weighted by Crippen LogP contribution is 2.21. The quantitative estimate of drug-likeness (QED) is 0.795. The molecule has 5 nitrogen and oxygen atoms in total. The molecule has 0 radical (unpaired) electrons. The fourth-order valence-corrected chi connectivity index (χ4v) is 2.93. The Kier molecular flexibility index (Phi) is 8.00. The van der Waals surface area contributed by atoms with Gasteiger partial charge in [-0.25, -0.2) is 0 Å². The molecule has 3 N–H and O–H groups in total. The number of benzene rings is 2. The van der Waals surface area contributed by atoms with E-state index >= 15 is 0 Å². The van der Waals surface area contributed by atoms with Crippen LogP contribution < -0.4 is 11.1 Å². The number of hydrogen-bond acceptors (Lipinski definition) is 3. The van der Waals surface area contributed by atoms with Crippen molar-refractivity contribution in [1.29, 1.82) is 0 Å². The number of likely N-dealkylation sites (N-methyl/N-ethyl adjacent to an activating group) is 1. The zero-order valence-electron chi connectivity index (χ0n) is 16.3. The number of carbonyl (C=O) groups excluding carboxylic acids is 2. The van der Waals surface area contributed by atoms with Crippen LogP contribution in [-0.2, 0) is 15.1 Å². The summed E-state index contributed by atoms with van der Waals surface area (Å²) in [7, 11) is 0. The van der Waals surface area contributed by atoms with Crippen LogP contribution >= 0.6 is 12.4 Å². The molecular formula is C21H28ClN3O2. The van der Waals surface area contributed by atoms with E-state index in [-0.39, 0.29) is 30.8 Å². The number of nitrogens with zero attached hydrogens (tertiary/aromatic N) is 1. The van der Waals surface area contributed by atoms with E-state index in [4.69, 9.17) is 5.73 Å². The van der Waals surface area contributed by atoms with Gasteiger partial charge in [0.25, 0.3) is 0 Å². The second kappa shape index (κ2) is 9.53. The van der Waals surface area contributed by atoms with E-state index in [2.05, 4.69) is 5.32 Å². The molecular weight excluding hydrogens is 362 g/mol. The van der Waals surface area contributed by atoms with Crippen LogP contribution in [0.4, 0.5) is 5.69 Å². The molecule has 0 saturated heterocycles. The molecule has 0 heterocycles. The molecule has 27 heavy (non-hydrogen) atoms. The van der Waals surface area contributed by atoms with Crippen molar-refractivity contribution in [2.75, 3.05) is 18.4 Å². The van der Waals surface area contributed by atoms with Crippen LogP contribution in [0, 0.1) is 13.8 Å². The standard InChI is InChI=1S/C21H27N3O2.ClH/c1-5-24(20(26)21(4,22)17-12-7-6-8-13-17)14-18(25)23-19-15(2)10-9-11-16(19)3;/h6-13H,5,14,22H2,1-4H3,(H,23,25);1H. The van der Waals surface area contributed by atoms with Gasteiger partial charge in [-0.1, -0.05) is 48.5 Å². The molecule has 0 bridgehead atoms. The van der Waals surface area contributed by atoms with Crippen LogP contribution in [0.1, 0.15) is 30.5 Å². The summed E-state index contributed by atoms with van der Waals surface area (Å²) < 4.78 is 0. The molecule has 146 valence electrons. The number of rotatable bonds is 6. The first-order valence-corrected chi connectivity index (χ1v) is 8.77. The maximum Gasteiger partial charge on any atom is 0.247 e. The van der Waals surface area contributed by atoms with Gasteiger partial charge in [0.2, 0.25) is 11.8 Å². The summed E-state index contributed by atoms with van der Waals surface area (Å²) in [6.45, 7) is 7.76. The van der Waals surface area contributed by atoms with Gasteiger partial charge in [0.05, 0.1) is 6.54 Å². The summed E-state index contributed by atoms with van der Waals surface area (Å²) in [5.74, 6) is -0.510. The highest BCUT2D eigenvalue weighted by molar-refractivity contribution is 5.97. The van der Waals surface area contributed by atoms with Crippen LogP contribution in [0.25, 0.3) is 0 Å². The van der Waals surface area contributed by atoms with E-state index in [9.17, 15) is 9.59 Å². The lowest BCUT2D eigenvalue weighted by atomic mass is 9.91. The Bertz CT molecular complexity index is 771. The van der Waals surface area contributed by atoms with Gasteiger partial charge in [0, 0.05) is 12.2 Å². The van der Waals surface area contributed by atoms with Crippen molar-refractivity contribution in [3.05, 3.63) is 65.2 Å². The molecule has 2 aromatic carbocycles. The van der Waals surface area contributed by atoms with Gasteiger partial charge in [-0.3, -0.25) is 9.59 Å². The van der Waals surface area contributed by atoms with Crippen LogP contribution in [0.3, 0.4) is 0 Å². The molecule has 2 aromatic rings. The van der Waals surface area contributed by atoms with Gasteiger partial charge in [-0.2, -0.15) is 0 Å². The lowest BCUT2D eigenvalue weighted by Gasteiger charge is -2.31. The number of nitrogens with one attached hydrogen (secondary N) is 1. The molecule has 0 saturated carbocycles. The van der Waals surface area contributed by atoms with Crippen molar-refractivity contribution in [2.45, 2.75) is 33.2 Å². The van der Waals surface area contributed by atoms with E-state index in [0.29, 0.717) is 6.54 Å². The smallest absolute Gasteiger partial charge is 0.247 e. The summed E-state index contributed by atoms with van der Waals surface area (Å²) in [4.78, 5) is 26.9. The third-order valence-corrected chi connectivity index (χ3v) is 4.57. The maximum absolute atomic E-state index is 12.9. The number of halogens is 1. The number of amides is 2. The first-order valence-electron chi connectivity index (χ1n) is 8.77. The highest BCUT2D eigenvalue weighted by Gasteiger charge is 2.34. The third-order valence-electron chi connectivity index (χ3n) is 4.57. The van der Waals surface area contributed by atoms with Crippen LogP contribution in [0.15, 0.2) is 48.5 Å². The largest absolute Gasteiger partial charge is 0.332 e. The molecule has 0 fully saturated rings. The fraction of sp³-hybridized carbons (Fsp3) is 0.333. The number of anilines is 1. The van der Waals surface area contributed by atoms with E-state index in [1.807, 2.05) is 69.3 Å². The van der Waals surface area contributed by atoms with Crippen LogP contribution in [-0.4, -0.2) is 29.8 Å². The second-order valence-corrected chi connectivity index (χ2v) is 6.70. The van der Waals surface area contributed by atoms with Crippen LogP contribution in [0.5, 0.6) is 0 Å². The Morgan fingerprint density at radius 1 is 1.04 bits per heavy atom. The predicted molar refractivity (Wildman–Crippen MR) is 112 cm³/mol. The van der Waals surface area contributed by atoms with Crippen molar-refractivity contribution in [1.82, 2.24) is 4.90 Å². The Balaban J connectivity index is 0.00000364. The van der Waals surface area contributed by atoms with Gasteiger partial charge in [0.15, 0.2) is 0 Å². The summed E-state index contributed by atoms with van der Waals surface area (Å²) in [6.07, 6.45) is 0. The van der Waals surface area contributed by atoms with Crippen molar-refractivity contribution in [3.63, 3.8) is 0 Å². The van der Waals surface area contributed by atoms with E-state index in [1.54, 1.807) is 6.92 Å². The van der Waals surface area contributed by atoms with Gasteiger partial charge in [0.1, 0.15) is 5.54 Å². The predicted octanol–water partition coefficient (Wildman–Crippen LogP) is 3.39. The first-order chi connectivity index (χ1) is 12.3. The Hall–Kier alpha value is -2.37. The molecule has 0 aromatic heterocycles. The number of para-hydroxylation sites is 1. The van der Waals surface area contributed by atoms with Crippen LogP contribution in [0.2, 0.25) is 0 Å².